The molecule has 1 aromatic carbocycles. The van der Waals surface area contributed by atoms with E-state index in [9.17, 15) is 9.65 Å². The van der Waals surface area contributed by atoms with Gasteiger partial charge in [-0.1, -0.05) is 6.07 Å². The Balaban J connectivity index is 1.38. The van der Waals surface area contributed by atoms with Crippen LogP contribution in [0.25, 0.3) is 0 Å². The van der Waals surface area contributed by atoms with Crippen molar-refractivity contribution in [3.8, 4) is 11.9 Å². The van der Waals surface area contributed by atoms with Crippen molar-refractivity contribution in [2.24, 2.45) is 0 Å². The Kier molecular flexibility index (Phi) is 6.48. The van der Waals surface area contributed by atoms with E-state index in [1.165, 1.54) is 0 Å². The molecule has 3 aliphatic heterocycles. The van der Waals surface area contributed by atoms with Gasteiger partial charge in [-0.3, -0.25) is 4.90 Å². The van der Waals surface area contributed by atoms with E-state index in [0.29, 0.717) is 49.7 Å². The van der Waals surface area contributed by atoms with Crippen LogP contribution in [-0.4, -0.2) is 54.4 Å². The van der Waals surface area contributed by atoms with E-state index in [2.05, 4.69) is 29.7 Å². The lowest BCUT2D eigenvalue weighted by Crippen LogP contribution is -2.43. The molecule has 3 unspecified atom stereocenters. The average molecular weight is 520 g/mol. The molecular weight excluding hydrogens is 481 g/mol. The lowest BCUT2D eigenvalue weighted by atomic mass is 9.72. The molecule has 2 fully saturated rings. The molecule has 38 heavy (non-hydrogen) atoms. The van der Waals surface area contributed by atoms with E-state index in [4.69, 9.17) is 20.2 Å². The van der Waals surface area contributed by atoms with Crippen molar-refractivity contribution in [3.05, 3.63) is 46.1 Å². The van der Waals surface area contributed by atoms with Crippen LogP contribution in [0.3, 0.4) is 0 Å². The summed E-state index contributed by atoms with van der Waals surface area (Å²) in [7, 11) is 0. The third-order valence-corrected chi connectivity index (χ3v) is 9.38. The van der Waals surface area contributed by atoms with Gasteiger partial charge in [0.15, 0.2) is 0 Å². The molecule has 1 aromatic heterocycles. The molecule has 8 heteroatoms. The number of fused-ring (bicyclic) bond motifs is 4. The Morgan fingerprint density at radius 2 is 2.13 bits per heavy atom. The van der Waals surface area contributed by atoms with Crippen LogP contribution in [0.1, 0.15) is 73.9 Å². The molecule has 0 bridgehead atoms. The Bertz CT molecular complexity index is 1270. The summed E-state index contributed by atoms with van der Waals surface area (Å²) >= 11 is 0. The molecule has 1 spiro atoms. The quantitative estimate of drug-likeness (QED) is 0.556. The smallest absolute Gasteiger partial charge is 0.215 e. The van der Waals surface area contributed by atoms with Gasteiger partial charge in [-0.05, 0) is 64.1 Å². The Labute approximate surface area is 224 Å². The number of hydrogen-bond donors (Lipinski definition) is 1. The number of rotatable bonds is 6. The van der Waals surface area contributed by atoms with Crippen molar-refractivity contribution in [2.75, 3.05) is 43.4 Å². The first-order valence-electron chi connectivity index (χ1n) is 14.2. The molecule has 202 valence electrons. The van der Waals surface area contributed by atoms with Crippen LogP contribution < -0.4 is 15.4 Å². The summed E-state index contributed by atoms with van der Waals surface area (Å²) in [5.74, 6) is 0.593. The van der Waals surface area contributed by atoms with Crippen LogP contribution in [-0.2, 0) is 29.8 Å². The topological polar surface area (TPSA) is 87.6 Å². The number of nitriles is 1. The fourth-order valence-corrected chi connectivity index (χ4v) is 7.52. The Morgan fingerprint density at radius 3 is 2.92 bits per heavy atom. The summed E-state index contributed by atoms with van der Waals surface area (Å²) in [5.41, 5.74) is 11.7. The van der Waals surface area contributed by atoms with E-state index >= 15 is 0 Å². The number of nitrogen functional groups attached to an aromatic ring is 1. The Hall–Kier alpha value is -2.89. The van der Waals surface area contributed by atoms with E-state index in [1.807, 2.05) is 18.2 Å². The third kappa shape index (κ3) is 4.02. The first-order valence-corrected chi connectivity index (χ1v) is 14.2. The molecule has 7 nitrogen and oxygen atoms in total. The molecule has 2 aromatic rings. The summed E-state index contributed by atoms with van der Waals surface area (Å²) < 4.78 is 27.5. The first kappa shape index (κ1) is 25.4. The second-order valence-electron chi connectivity index (χ2n) is 11.4. The number of nitrogens with zero attached hydrogens (tertiary/aromatic N) is 4. The minimum Gasteiger partial charge on any atom is -0.476 e. The van der Waals surface area contributed by atoms with E-state index in [1.54, 1.807) is 0 Å². The number of aryl methyl sites for hydroxylation is 1. The molecule has 4 heterocycles. The number of pyridine rings is 1. The van der Waals surface area contributed by atoms with Crippen LogP contribution in [0.2, 0.25) is 0 Å². The molecule has 2 N–H and O–H groups in total. The molecule has 0 radical (unpaired) electrons. The van der Waals surface area contributed by atoms with Gasteiger partial charge < -0.3 is 20.1 Å². The maximum absolute atomic E-state index is 14.4. The maximum Gasteiger partial charge on any atom is 0.215 e. The number of alkyl halides is 1. The lowest BCUT2D eigenvalue weighted by Gasteiger charge is -2.43. The van der Waals surface area contributed by atoms with E-state index in [0.717, 1.165) is 79.8 Å². The van der Waals surface area contributed by atoms with E-state index in [-0.39, 0.29) is 5.54 Å². The summed E-state index contributed by atoms with van der Waals surface area (Å²) in [4.78, 5) is 9.65. The van der Waals surface area contributed by atoms with Gasteiger partial charge in [0, 0.05) is 61.0 Å². The van der Waals surface area contributed by atoms with Gasteiger partial charge in [0.05, 0.1) is 23.4 Å². The highest BCUT2D eigenvalue weighted by molar-refractivity contribution is 5.64. The minimum absolute atomic E-state index is 0.224. The van der Waals surface area contributed by atoms with Gasteiger partial charge in [0.2, 0.25) is 5.88 Å². The van der Waals surface area contributed by atoms with Crippen molar-refractivity contribution in [1.29, 1.82) is 5.26 Å². The van der Waals surface area contributed by atoms with Crippen LogP contribution in [0.5, 0.6) is 5.88 Å². The molecule has 0 amide bonds. The van der Waals surface area contributed by atoms with E-state index < -0.39 is 11.8 Å². The van der Waals surface area contributed by atoms with Crippen molar-refractivity contribution in [2.45, 2.75) is 82.7 Å². The van der Waals surface area contributed by atoms with Gasteiger partial charge in [-0.15, -0.1) is 0 Å². The lowest BCUT2D eigenvalue weighted by molar-refractivity contribution is -0.0855. The molecule has 2 saturated heterocycles. The van der Waals surface area contributed by atoms with Gasteiger partial charge in [0.1, 0.15) is 24.4 Å². The number of nitrogens with two attached hydrogens (primary N) is 1. The zero-order chi connectivity index (χ0) is 26.5. The van der Waals surface area contributed by atoms with Gasteiger partial charge in [0.25, 0.3) is 0 Å². The van der Waals surface area contributed by atoms with Crippen molar-refractivity contribution >= 4 is 11.4 Å². The third-order valence-electron chi connectivity index (χ3n) is 9.38. The molecular formula is C30H38FN5O2. The van der Waals surface area contributed by atoms with Crippen molar-refractivity contribution in [1.82, 2.24) is 9.88 Å². The molecule has 1 aliphatic carbocycles. The summed E-state index contributed by atoms with van der Waals surface area (Å²) in [6.45, 7) is 8.34. The Morgan fingerprint density at radius 1 is 1.29 bits per heavy atom. The summed E-state index contributed by atoms with van der Waals surface area (Å²) in [6.07, 6.45) is 5.09. The number of hydrogen-bond acceptors (Lipinski definition) is 7. The van der Waals surface area contributed by atoms with Gasteiger partial charge in [-0.25, -0.2) is 9.37 Å². The molecule has 3 atom stereocenters. The summed E-state index contributed by atoms with van der Waals surface area (Å²) in [6, 6.07) is 8.29. The highest BCUT2D eigenvalue weighted by atomic mass is 19.1. The maximum atomic E-state index is 14.4. The second kappa shape index (κ2) is 9.69. The van der Waals surface area contributed by atoms with Crippen molar-refractivity contribution < 1.29 is 13.9 Å². The monoisotopic (exact) mass is 519 g/mol. The first-order chi connectivity index (χ1) is 18.4. The highest BCUT2D eigenvalue weighted by Gasteiger charge is 2.49. The zero-order valence-electron chi connectivity index (χ0n) is 22.6. The number of ether oxygens (including phenoxy) is 2. The van der Waals surface area contributed by atoms with Crippen LogP contribution >= 0.6 is 0 Å². The fraction of sp³-hybridized carbons (Fsp3) is 0.600. The van der Waals surface area contributed by atoms with Gasteiger partial charge in [-0.2, -0.15) is 5.26 Å². The van der Waals surface area contributed by atoms with Crippen LogP contribution in [0.4, 0.5) is 15.8 Å². The number of aromatic nitrogens is 1. The van der Waals surface area contributed by atoms with Crippen molar-refractivity contribution in [3.63, 3.8) is 0 Å². The average Bonchev–Trinajstić information content (AvgIpc) is 3.44. The number of benzene rings is 1. The standard InChI is InChI=1S/C30H38FN5O2/c1-3-35(4-2)26-13-27(37-19-29-10-6-12-36(29)17-21(31)14-29)34-25-15-30(38-18-23(25)26)11-5-7-20-8-9-24(33)22(16-32)28(20)30/h8-9,13,21H,3-7,10-12,14-15,17-19,33H2,1-2H3. The van der Waals surface area contributed by atoms with Crippen LogP contribution in [0.15, 0.2) is 18.2 Å². The highest BCUT2D eigenvalue weighted by Crippen LogP contribution is 2.48. The van der Waals surface area contributed by atoms with Crippen LogP contribution in [0, 0.1) is 11.3 Å². The minimum atomic E-state index is -0.785. The zero-order valence-corrected chi connectivity index (χ0v) is 22.6. The number of halogens is 1. The molecule has 6 rings (SSSR count). The number of anilines is 2. The largest absolute Gasteiger partial charge is 0.476 e. The molecule has 4 aliphatic rings. The SMILES string of the molecule is CCN(CC)c1cc(OCC23CCCN2CC(F)C3)nc2c1COC1(CCCc3ccc(N)c(C#N)c31)C2. The van der Waals surface area contributed by atoms with Gasteiger partial charge >= 0.3 is 0 Å². The molecule has 0 saturated carbocycles. The predicted octanol–water partition coefficient (Wildman–Crippen LogP) is 4.64. The fourth-order valence-electron chi connectivity index (χ4n) is 7.52. The second-order valence-corrected chi connectivity index (χ2v) is 11.4. The predicted molar refractivity (Wildman–Crippen MR) is 145 cm³/mol. The summed E-state index contributed by atoms with van der Waals surface area (Å²) in [5, 5.41) is 10.0. The normalized spacial score (nSPS) is 28.0.